The van der Waals surface area contributed by atoms with Crippen molar-refractivity contribution in [3.8, 4) is 0 Å². The molecule has 6 nitrogen and oxygen atoms in total. The summed E-state index contributed by atoms with van der Waals surface area (Å²) in [5, 5.41) is 11.2. The Morgan fingerprint density at radius 3 is 2.70 bits per heavy atom. The maximum atomic E-state index is 12.3. The third kappa shape index (κ3) is 3.65. The minimum atomic E-state index is -3.44. The molecule has 2 rings (SSSR count). The van der Waals surface area contributed by atoms with Crippen LogP contribution in [0.3, 0.4) is 0 Å². The molecule has 0 spiro atoms. The largest absolute Gasteiger partial charge is 0.268 e. The van der Waals surface area contributed by atoms with Crippen LogP contribution in [0.15, 0.2) is 17.3 Å². The quantitative estimate of drug-likeness (QED) is 0.753. The van der Waals surface area contributed by atoms with Crippen LogP contribution >= 0.6 is 0 Å². The van der Waals surface area contributed by atoms with E-state index in [0.29, 0.717) is 0 Å². The molecule has 1 saturated carbocycles. The average Bonchev–Trinajstić information content (AvgIpc) is 2.95. The summed E-state index contributed by atoms with van der Waals surface area (Å²) in [6.07, 6.45) is 10.8. The van der Waals surface area contributed by atoms with Gasteiger partial charge in [0, 0.05) is 0 Å². The van der Waals surface area contributed by atoms with Crippen LogP contribution in [-0.2, 0) is 9.84 Å². The lowest BCUT2D eigenvalue weighted by Crippen LogP contribution is -2.20. The fraction of sp³-hybridized carbons (Fsp3) is 0.769. The van der Waals surface area contributed by atoms with Gasteiger partial charge in [0.2, 0.25) is 9.84 Å². The number of hydrogen-bond donors (Lipinski definition) is 0. The fourth-order valence-electron chi connectivity index (χ4n) is 2.50. The van der Waals surface area contributed by atoms with E-state index in [1.807, 2.05) is 6.08 Å². The van der Waals surface area contributed by atoms with E-state index in [4.69, 9.17) is 0 Å². The predicted octanol–water partition coefficient (Wildman–Crippen LogP) is 2.31. The number of nitrogens with zero attached hydrogens (tertiary/aromatic N) is 4. The Bertz CT molecular complexity index is 544. The number of rotatable bonds is 6. The van der Waals surface area contributed by atoms with Crippen molar-refractivity contribution in [1.29, 1.82) is 0 Å². The van der Waals surface area contributed by atoms with Crippen LogP contribution in [0.5, 0.6) is 0 Å². The van der Waals surface area contributed by atoms with Crippen LogP contribution in [0.25, 0.3) is 0 Å². The second-order valence-corrected chi connectivity index (χ2v) is 7.17. The first kappa shape index (κ1) is 15.2. The number of unbranched alkanes of at least 4 members (excludes halogenated alkanes) is 1. The van der Waals surface area contributed by atoms with Crippen molar-refractivity contribution in [3.63, 3.8) is 0 Å². The minimum Gasteiger partial charge on any atom is -0.220 e. The van der Waals surface area contributed by atoms with Crippen molar-refractivity contribution in [1.82, 2.24) is 20.2 Å². The monoisotopic (exact) mass is 298 g/mol. The van der Waals surface area contributed by atoms with Crippen LogP contribution in [-0.4, -0.2) is 34.4 Å². The van der Waals surface area contributed by atoms with E-state index in [1.165, 1.54) is 11.1 Å². The van der Waals surface area contributed by atoms with Gasteiger partial charge < -0.3 is 0 Å². The summed E-state index contributed by atoms with van der Waals surface area (Å²) in [6.45, 7) is 2.06. The summed E-state index contributed by atoms with van der Waals surface area (Å²) in [4.78, 5) is 0. The Morgan fingerprint density at radius 1 is 1.25 bits per heavy atom. The molecule has 7 heteroatoms. The molecule has 1 fully saturated rings. The van der Waals surface area contributed by atoms with Gasteiger partial charge in [0.1, 0.15) is 0 Å². The van der Waals surface area contributed by atoms with Gasteiger partial charge in [0.25, 0.3) is 5.16 Å². The number of sulfone groups is 1. The number of allylic oxidation sites excluding steroid dienone is 1. The predicted molar refractivity (Wildman–Crippen MR) is 76.0 cm³/mol. The summed E-state index contributed by atoms with van der Waals surface area (Å²) in [5.74, 6) is -0.0277. The third-order valence-corrected chi connectivity index (χ3v) is 5.06. The van der Waals surface area contributed by atoms with Gasteiger partial charge in [-0.05, 0) is 29.7 Å². The molecule has 1 aromatic heterocycles. The fourth-order valence-corrected chi connectivity index (χ4v) is 3.67. The molecule has 0 unspecified atom stereocenters. The molecule has 0 atom stereocenters. The zero-order valence-electron chi connectivity index (χ0n) is 11.9. The van der Waals surface area contributed by atoms with E-state index >= 15 is 0 Å². The number of tetrazole rings is 1. The van der Waals surface area contributed by atoms with Crippen molar-refractivity contribution >= 4 is 9.84 Å². The van der Waals surface area contributed by atoms with Crippen LogP contribution in [0.4, 0.5) is 0 Å². The van der Waals surface area contributed by atoms with E-state index in [-0.39, 0.29) is 17.0 Å². The van der Waals surface area contributed by atoms with Crippen LogP contribution in [0.2, 0.25) is 0 Å². The smallest absolute Gasteiger partial charge is 0.220 e. The highest BCUT2D eigenvalue weighted by molar-refractivity contribution is 7.91. The Balaban J connectivity index is 2.13. The SMILES string of the molecule is CCC/C=C/CS(=O)(=O)c1nnnn1C1CCCCC1. The molecule has 0 radical (unpaired) electrons. The van der Waals surface area contributed by atoms with Gasteiger partial charge in [0.15, 0.2) is 0 Å². The van der Waals surface area contributed by atoms with E-state index in [0.717, 1.165) is 38.5 Å². The normalized spacial score (nSPS) is 17.9. The average molecular weight is 298 g/mol. The van der Waals surface area contributed by atoms with E-state index in [9.17, 15) is 8.42 Å². The zero-order chi connectivity index (χ0) is 14.4. The van der Waals surface area contributed by atoms with Gasteiger partial charge in [-0.15, -0.1) is 0 Å². The van der Waals surface area contributed by atoms with Gasteiger partial charge in [0.05, 0.1) is 11.8 Å². The molecule has 0 bridgehead atoms. The van der Waals surface area contributed by atoms with Gasteiger partial charge >= 0.3 is 0 Å². The first-order chi connectivity index (χ1) is 9.65. The van der Waals surface area contributed by atoms with Gasteiger partial charge in [-0.25, -0.2) is 13.1 Å². The molecule has 1 aromatic rings. The Kier molecular flexibility index (Phi) is 5.28. The van der Waals surface area contributed by atoms with Crippen LogP contribution in [0.1, 0.15) is 57.9 Å². The lowest BCUT2D eigenvalue weighted by Gasteiger charge is -2.21. The van der Waals surface area contributed by atoms with Crippen molar-refractivity contribution in [2.75, 3.05) is 5.75 Å². The summed E-state index contributed by atoms with van der Waals surface area (Å²) in [5.41, 5.74) is 0. The Hall–Kier alpha value is -1.24. The topological polar surface area (TPSA) is 77.7 Å². The molecule has 0 N–H and O–H groups in total. The van der Waals surface area contributed by atoms with Crippen molar-refractivity contribution in [2.24, 2.45) is 0 Å². The zero-order valence-corrected chi connectivity index (χ0v) is 12.7. The highest BCUT2D eigenvalue weighted by Gasteiger charge is 2.27. The van der Waals surface area contributed by atoms with Crippen LogP contribution < -0.4 is 0 Å². The molecule has 112 valence electrons. The maximum Gasteiger partial charge on any atom is 0.268 e. The molecule has 0 aromatic carbocycles. The summed E-state index contributed by atoms with van der Waals surface area (Å²) in [7, 11) is -3.44. The van der Waals surface area contributed by atoms with Gasteiger partial charge in [-0.2, -0.15) is 0 Å². The van der Waals surface area contributed by atoms with Crippen molar-refractivity contribution in [3.05, 3.63) is 12.2 Å². The van der Waals surface area contributed by atoms with Gasteiger partial charge in [-0.1, -0.05) is 49.9 Å². The van der Waals surface area contributed by atoms with E-state index in [1.54, 1.807) is 6.08 Å². The lowest BCUT2D eigenvalue weighted by molar-refractivity contribution is 0.305. The first-order valence-electron chi connectivity index (χ1n) is 7.30. The van der Waals surface area contributed by atoms with E-state index < -0.39 is 9.84 Å². The second-order valence-electron chi connectivity index (χ2n) is 5.24. The molecule has 0 amide bonds. The summed E-state index contributed by atoms with van der Waals surface area (Å²) < 4.78 is 26.1. The van der Waals surface area contributed by atoms with Gasteiger partial charge in [-0.3, -0.25) is 0 Å². The lowest BCUT2D eigenvalue weighted by atomic mass is 9.96. The molecule has 0 aliphatic heterocycles. The number of aromatic nitrogens is 4. The Morgan fingerprint density at radius 2 is 2.00 bits per heavy atom. The van der Waals surface area contributed by atoms with Crippen molar-refractivity contribution in [2.45, 2.75) is 63.1 Å². The highest BCUT2D eigenvalue weighted by atomic mass is 32.2. The minimum absolute atomic E-state index is 0.0190. The Labute approximate surface area is 120 Å². The molecule has 1 aliphatic rings. The summed E-state index contributed by atoms with van der Waals surface area (Å²) in [6, 6.07) is 0.128. The molecule has 1 aliphatic carbocycles. The van der Waals surface area contributed by atoms with Crippen molar-refractivity contribution < 1.29 is 8.42 Å². The number of hydrogen-bond acceptors (Lipinski definition) is 5. The second kappa shape index (κ2) is 6.97. The molecular weight excluding hydrogens is 276 g/mol. The highest BCUT2D eigenvalue weighted by Crippen LogP contribution is 2.28. The van der Waals surface area contributed by atoms with E-state index in [2.05, 4.69) is 22.4 Å². The standard InChI is InChI=1S/C13H22N4O2S/c1-2-3-4-8-11-20(18,19)13-14-15-16-17(13)12-9-6-5-7-10-12/h4,8,12H,2-3,5-7,9-11H2,1H3/b8-4+. The van der Waals surface area contributed by atoms with Crippen LogP contribution in [0, 0.1) is 0 Å². The molecule has 20 heavy (non-hydrogen) atoms. The summed E-state index contributed by atoms with van der Waals surface area (Å²) >= 11 is 0. The molecule has 0 saturated heterocycles. The molecular formula is C13H22N4O2S. The first-order valence-corrected chi connectivity index (χ1v) is 8.96. The molecule has 1 heterocycles. The third-order valence-electron chi connectivity index (χ3n) is 3.60. The maximum absolute atomic E-state index is 12.3.